The van der Waals surface area contributed by atoms with Crippen LogP contribution in [0.1, 0.15) is 155 Å². The average Bonchev–Trinajstić information content (AvgIpc) is 3.58. The van der Waals surface area contributed by atoms with Gasteiger partial charge in [-0.05, 0) is 63.4 Å². The predicted molar refractivity (Wildman–Crippen MR) is 264 cm³/mol. The van der Waals surface area contributed by atoms with Crippen molar-refractivity contribution in [3.8, 4) is 0 Å². The van der Waals surface area contributed by atoms with Crippen molar-refractivity contribution in [2.75, 3.05) is 25.6 Å². The quantitative estimate of drug-likeness (QED) is 0.0145. The molecule has 2 rings (SSSR count). The van der Waals surface area contributed by atoms with Gasteiger partial charge in [0.25, 0.3) is 0 Å². The molecular formula is C48H81N3O17P2. The molecule has 1 saturated heterocycles. The lowest BCUT2D eigenvalue weighted by Gasteiger charge is -2.21. The Hall–Kier alpha value is -3.36. The summed E-state index contributed by atoms with van der Waals surface area (Å²) < 4.78 is 56.5. The number of aliphatic hydroxyl groups excluding tert-OH is 4. The van der Waals surface area contributed by atoms with Gasteiger partial charge in [-0.3, -0.25) is 23.2 Å². The molecule has 20 nitrogen and oxygen atoms in total. The zero-order valence-electron chi connectivity index (χ0n) is 41.2. The predicted octanol–water partition coefficient (Wildman–Crippen LogP) is 7.57. The Morgan fingerprint density at radius 2 is 1.31 bits per heavy atom. The Labute approximate surface area is 413 Å². The van der Waals surface area contributed by atoms with Gasteiger partial charge in [0.2, 0.25) is 0 Å². The van der Waals surface area contributed by atoms with Gasteiger partial charge in [-0.15, -0.1) is 0 Å². The minimum absolute atomic E-state index is 0.0114. The summed E-state index contributed by atoms with van der Waals surface area (Å²) in [5, 5.41) is 41.7. The molecule has 0 aromatic carbocycles. The summed E-state index contributed by atoms with van der Waals surface area (Å²) in [6.07, 6.45) is 22.4. The van der Waals surface area contributed by atoms with E-state index in [1.165, 1.54) is 38.2 Å². The maximum absolute atomic E-state index is 12.8. The first-order chi connectivity index (χ1) is 33.3. The van der Waals surface area contributed by atoms with E-state index in [9.17, 15) is 53.7 Å². The molecule has 1 aliphatic rings. The number of unbranched alkanes of at least 4 members (excludes halogenated alkanes) is 9. The largest absolute Gasteiger partial charge is 0.481 e. The minimum Gasteiger partial charge on any atom is -0.462 e. The van der Waals surface area contributed by atoms with Crippen LogP contribution >= 0.6 is 15.6 Å². The SMILES string of the molecule is CC/C=C\C/C=C\C/C=C\C/C=C\C[C@H](O)[C@@H](O)CCCC(=O)OC[C@H](COP(=O)(O)OP(=O)(O)OC[C@H]1O[C@@H](n2ccc(N)nc2=O)[C@H](O)[C@@H]1O)OC(=O)CCCCCCCCCCCCC(C)C. The van der Waals surface area contributed by atoms with E-state index in [1.807, 2.05) is 18.2 Å². The second-order valence-electron chi connectivity index (χ2n) is 17.7. The van der Waals surface area contributed by atoms with Gasteiger partial charge in [0.1, 0.15) is 30.7 Å². The number of carbonyl (C=O) groups excluding carboxylic acids is 2. The lowest BCUT2D eigenvalue weighted by atomic mass is 10.0. The van der Waals surface area contributed by atoms with Gasteiger partial charge in [-0.1, -0.05) is 134 Å². The number of phosphoric ester groups is 2. The van der Waals surface area contributed by atoms with Crippen molar-refractivity contribution >= 4 is 33.4 Å². The number of ether oxygens (including phenoxy) is 3. The molecule has 0 radical (unpaired) electrons. The molecule has 0 saturated carbocycles. The first-order valence-electron chi connectivity index (χ1n) is 24.7. The van der Waals surface area contributed by atoms with Gasteiger partial charge in [0.05, 0.1) is 25.4 Å². The fourth-order valence-electron chi connectivity index (χ4n) is 7.11. The maximum atomic E-state index is 12.8. The third kappa shape index (κ3) is 28.6. The molecule has 8 N–H and O–H groups in total. The number of hydrogen-bond donors (Lipinski definition) is 7. The van der Waals surface area contributed by atoms with E-state index in [0.29, 0.717) is 12.8 Å². The van der Waals surface area contributed by atoms with E-state index >= 15 is 0 Å². The monoisotopic (exact) mass is 1030 g/mol. The van der Waals surface area contributed by atoms with Gasteiger partial charge in [0, 0.05) is 19.0 Å². The topological polar surface area (TPSA) is 306 Å². The number of esters is 2. The number of phosphoric acid groups is 2. The molecule has 1 aromatic heterocycles. The summed E-state index contributed by atoms with van der Waals surface area (Å²) in [7, 11) is -11.0. The molecule has 0 bridgehead atoms. The lowest BCUT2D eigenvalue weighted by molar-refractivity contribution is -0.161. The van der Waals surface area contributed by atoms with Crippen LogP contribution in [0.3, 0.4) is 0 Å². The van der Waals surface area contributed by atoms with Gasteiger partial charge in [-0.2, -0.15) is 9.29 Å². The van der Waals surface area contributed by atoms with Crippen LogP contribution in [-0.2, 0) is 46.3 Å². The van der Waals surface area contributed by atoms with Crippen molar-refractivity contribution in [2.45, 2.75) is 192 Å². The fourth-order valence-corrected chi connectivity index (χ4v) is 9.22. The van der Waals surface area contributed by atoms with Crippen LogP contribution < -0.4 is 11.4 Å². The Kier molecular flexibility index (Phi) is 32.0. The van der Waals surface area contributed by atoms with Gasteiger partial charge in [0.15, 0.2) is 12.3 Å². The second-order valence-corrected chi connectivity index (χ2v) is 20.8. The molecule has 400 valence electrons. The fraction of sp³-hybridized carbons (Fsp3) is 0.708. The molecule has 1 aromatic rings. The number of nitrogens with two attached hydrogens (primary N) is 1. The van der Waals surface area contributed by atoms with Crippen LogP contribution in [0.5, 0.6) is 0 Å². The third-order valence-corrected chi connectivity index (χ3v) is 13.7. The van der Waals surface area contributed by atoms with Crippen molar-refractivity contribution in [2.24, 2.45) is 5.92 Å². The molecule has 22 heteroatoms. The normalized spacial score (nSPS) is 20.7. The standard InChI is InChI=1S/C48H81N3O17P2/c1-4-5-6-7-8-9-10-11-15-18-21-24-28-39(52)40(53)29-26-31-43(54)63-34-38(66-44(55)30-25-22-19-16-13-12-14-17-20-23-27-37(2)3)35-64-69(59,60)68-70(61,62)65-36-41-45(56)46(57)47(67-41)51-33-32-42(49)50-48(51)58/h5-6,8-9,11,15,21,24,32-33,37-41,45-47,52-53,56-57H,4,7,10,12-14,16-20,22-23,25-31,34-36H2,1-3H3,(H,59,60)(H,61,62)(H2,49,50,58)/b6-5-,9-8-,15-11-,24-21-/t38-,39+,40+,41-,45-,46-,47-/m1/s1. The van der Waals surface area contributed by atoms with Crippen molar-refractivity contribution in [1.29, 1.82) is 0 Å². The molecule has 1 fully saturated rings. The highest BCUT2D eigenvalue weighted by Crippen LogP contribution is 2.60. The number of allylic oxidation sites excluding steroid dienone is 7. The van der Waals surface area contributed by atoms with E-state index in [4.69, 9.17) is 29.0 Å². The number of carbonyl (C=O) groups is 2. The zero-order valence-corrected chi connectivity index (χ0v) is 43.0. The number of aliphatic hydroxyl groups is 4. The van der Waals surface area contributed by atoms with Crippen LogP contribution in [-0.4, -0.2) is 108 Å². The van der Waals surface area contributed by atoms with Crippen molar-refractivity contribution < 1.29 is 76.5 Å². The molecule has 9 atom stereocenters. The summed E-state index contributed by atoms with van der Waals surface area (Å²) in [5.74, 6) is -0.871. The number of nitrogen functional groups attached to an aromatic ring is 1. The molecular weight excluding hydrogens is 952 g/mol. The van der Waals surface area contributed by atoms with Crippen LogP contribution in [0.15, 0.2) is 65.7 Å². The van der Waals surface area contributed by atoms with E-state index < -0.39 is 95.9 Å². The molecule has 0 amide bonds. The second kappa shape index (κ2) is 35.7. The average molecular weight is 1030 g/mol. The van der Waals surface area contributed by atoms with Crippen molar-refractivity contribution in [3.05, 3.63) is 71.4 Å². The maximum Gasteiger partial charge on any atom is 0.481 e. The Morgan fingerprint density at radius 1 is 0.757 bits per heavy atom. The van der Waals surface area contributed by atoms with Crippen molar-refractivity contribution in [1.82, 2.24) is 9.55 Å². The summed E-state index contributed by atoms with van der Waals surface area (Å²) in [6.45, 7) is 4.01. The molecule has 70 heavy (non-hydrogen) atoms. The molecule has 2 unspecified atom stereocenters. The van der Waals surface area contributed by atoms with Crippen LogP contribution in [0.4, 0.5) is 5.82 Å². The smallest absolute Gasteiger partial charge is 0.462 e. The first kappa shape index (κ1) is 62.8. The van der Waals surface area contributed by atoms with Crippen LogP contribution in [0.2, 0.25) is 0 Å². The molecule has 0 aliphatic carbocycles. The summed E-state index contributed by atoms with van der Waals surface area (Å²) in [6, 6.07) is 1.23. The highest BCUT2D eigenvalue weighted by atomic mass is 31.3. The number of rotatable bonds is 39. The van der Waals surface area contributed by atoms with E-state index in [1.54, 1.807) is 6.08 Å². The van der Waals surface area contributed by atoms with E-state index in [2.05, 4.69) is 54.4 Å². The van der Waals surface area contributed by atoms with E-state index in [-0.39, 0.29) is 37.9 Å². The van der Waals surface area contributed by atoms with E-state index in [0.717, 1.165) is 68.0 Å². The van der Waals surface area contributed by atoms with Crippen molar-refractivity contribution in [3.63, 3.8) is 0 Å². The first-order valence-corrected chi connectivity index (χ1v) is 27.7. The number of nitrogens with zero attached hydrogens (tertiary/aromatic N) is 2. The summed E-state index contributed by atoms with van der Waals surface area (Å²) in [5.41, 5.74) is 4.56. The highest BCUT2D eigenvalue weighted by Gasteiger charge is 2.46. The number of anilines is 1. The summed E-state index contributed by atoms with van der Waals surface area (Å²) in [4.78, 5) is 61.9. The third-order valence-electron chi connectivity index (χ3n) is 11.1. The summed E-state index contributed by atoms with van der Waals surface area (Å²) >= 11 is 0. The van der Waals surface area contributed by atoms with Gasteiger partial charge >= 0.3 is 33.3 Å². The number of aromatic nitrogens is 2. The minimum atomic E-state index is -5.48. The Balaban J connectivity index is 1.87. The molecule has 1 aliphatic heterocycles. The Bertz CT molecular complexity index is 1910. The Morgan fingerprint density at radius 3 is 1.91 bits per heavy atom. The zero-order chi connectivity index (χ0) is 51.8. The highest BCUT2D eigenvalue weighted by molar-refractivity contribution is 7.61. The number of hydrogen-bond acceptors (Lipinski definition) is 17. The van der Waals surface area contributed by atoms with Crippen LogP contribution in [0.25, 0.3) is 0 Å². The van der Waals surface area contributed by atoms with Gasteiger partial charge in [-0.25, -0.2) is 13.9 Å². The molecule has 2 heterocycles. The molecule has 0 spiro atoms. The van der Waals surface area contributed by atoms with Crippen LogP contribution in [0, 0.1) is 5.92 Å². The lowest BCUT2D eigenvalue weighted by Crippen LogP contribution is -2.36. The van der Waals surface area contributed by atoms with Gasteiger partial charge < -0.3 is 50.2 Å².